The highest BCUT2D eigenvalue weighted by atomic mass is 28.4. The van der Waals surface area contributed by atoms with Crippen molar-refractivity contribution in [3.05, 3.63) is 102 Å². The van der Waals surface area contributed by atoms with E-state index in [2.05, 4.69) is 142 Å². The van der Waals surface area contributed by atoms with Gasteiger partial charge in [-0.05, 0) is 34.6 Å². The molecule has 2 heterocycles. The number of rotatable bonds is 4. The van der Waals surface area contributed by atoms with Crippen LogP contribution in [0.4, 0.5) is 11.4 Å². The monoisotopic (exact) mass is 482 g/mol. The summed E-state index contributed by atoms with van der Waals surface area (Å²) in [6.07, 6.45) is 2.41. The number of allylic oxidation sites excluding steroid dienone is 1. The SMILES string of the molecule is CC(C)(C)CN1c2ccccc2N(CC(C)(C)C)[Si]12OC(c1ccccc1)=CC2c1ccccc1. The van der Waals surface area contributed by atoms with Crippen LogP contribution < -0.4 is 9.13 Å². The molecule has 1 atom stereocenters. The third kappa shape index (κ3) is 4.40. The van der Waals surface area contributed by atoms with Crippen molar-refractivity contribution in [2.45, 2.75) is 47.1 Å². The molecule has 0 bridgehead atoms. The van der Waals surface area contributed by atoms with Crippen LogP contribution in [0.15, 0.2) is 91.0 Å². The highest BCUT2D eigenvalue weighted by Gasteiger charge is 2.66. The topological polar surface area (TPSA) is 15.7 Å². The smallest absolute Gasteiger partial charge is 0.493 e. The molecule has 0 aromatic heterocycles. The minimum Gasteiger partial charge on any atom is -0.509 e. The van der Waals surface area contributed by atoms with E-state index in [1.54, 1.807) is 0 Å². The Hall–Kier alpha value is -2.98. The van der Waals surface area contributed by atoms with E-state index in [0.29, 0.717) is 0 Å². The van der Waals surface area contributed by atoms with E-state index in [0.717, 1.165) is 24.4 Å². The maximum atomic E-state index is 7.41. The Kier molecular flexibility index (Phi) is 5.83. The molecule has 35 heavy (non-hydrogen) atoms. The zero-order chi connectivity index (χ0) is 24.8. The van der Waals surface area contributed by atoms with Crippen molar-refractivity contribution in [1.29, 1.82) is 0 Å². The second kappa shape index (κ2) is 8.60. The molecular weight excluding hydrogens is 444 g/mol. The third-order valence-electron chi connectivity index (χ3n) is 6.70. The molecule has 4 heteroatoms. The molecule has 1 unspecified atom stereocenters. The number of para-hydroxylation sites is 2. The maximum absolute atomic E-state index is 7.41. The molecular formula is C31H38N2OSi. The molecule has 0 N–H and O–H groups in total. The lowest BCUT2D eigenvalue weighted by Gasteiger charge is -2.46. The van der Waals surface area contributed by atoms with Gasteiger partial charge in [0.1, 0.15) is 5.76 Å². The van der Waals surface area contributed by atoms with Crippen molar-refractivity contribution in [2.75, 3.05) is 22.2 Å². The predicted molar refractivity (Wildman–Crippen MR) is 150 cm³/mol. The fraction of sp³-hybridized carbons (Fsp3) is 0.355. The van der Waals surface area contributed by atoms with Crippen molar-refractivity contribution in [3.8, 4) is 0 Å². The van der Waals surface area contributed by atoms with E-state index >= 15 is 0 Å². The largest absolute Gasteiger partial charge is 0.509 e. The summed E-state index contributed by atoms with van der Waals surface area (Å²) >= 11 is 0. The number of anilines is 2. The highest BCUT2D eigenvalue weighted by Crippen LogP contribution is 2.55. The average molecular weight is 483 g/mol. The van der Waals surface area contributed by atoms with Crippen molar-refractivity contribution < 1.29 is 4.43 Å². The summed E-state index contributed by atoms with van der Waals surface area (Å²) in [5.74, 6) is 1.01. The lowest BCUT2D eigenvalue weighted by atomic mass is 9.96. The quantitative estimate of drug-likeness (QED) is 0.354. The molecule has 0 saturated heterocycles. The van der Waals surface area contributed by atoms with Gasteiger partial charge in [-0.25, -0.2) is 0 Å². The summed E-state index contributed by atoms with van der Waals surface area (Å²) in [6, 6.07) is 30.6. The normalized spacial score (nSPS) is 19.0. The van der Waals surface area contributed by atoms with Crippen LogP contribution in [0.3, 0.4) is 0 Å². The summed E-state index contributed by atoms with van der Waals surface area (Å²) in [7, 11) is -2.79. The van der Waals surface area contributed by atoms with Crippen LogP contribution in [-0.4, -0.2) is 21.7 Å². The second-order valence-electron chi connectivity index (χ2n) is 12.3. The number of benzene rings is 3. The molecule has 182 valence electrons. The van der Waals surface area contributed by atoms with E-state index in [1.165, 1.54) is 16.9 Å². The van der Waals surface area contributed by atoms with Gasteiger partial charge in [0.15, 0.2) is 0 Å². The van der Waals surface area contributed by atoms with Gasteiger partial charge in [0.05, 0.1) is 16.9 Å². The van der Waals surface area contributed by atoms with Crippen LogP contribution >= 0.6 is 0 Å². The van der Waals surface area contributed by atoms with Crippen LogP contribution in [0.1, 0.15) is 58.2 Å². The molecule has 0 amide bonds. The standard InChI is InChI=1S/C31H38N2OSi/c1-30(2,3)22-32-26-19-13-14-20-27(26)33(23-31(4,5)6)35(32)29(25-17-11-8-12-18-25)21-28(34-35)24-15-9-7-10-16-24/h7-21,29H,22-23H2,1-6H3. The molecule has 0 fully saturated rings. The van der Waals surface area contributed by atoms with Crippen LogP contribution in [0, 0.1) is 10.8 Å². The molecule has 1 spiro atoms. The molecule has 0 aliphatic carbocycles. The van der Waals surface area contributed by atoms with Gasteiger partial charge in [-0.2, -0.15) is 0 Å². The van der Waals surface area contributed by atoms with E-state index in [-0.39, 0.29) is 16.4 Å². The minimum absolute atomic E-state index is 0.116. The van der Waals surface area contributed by atoms with Crippen molar-refractivity contribution in [3.63, 3.8) is 0 Å². The molecule has 3 aromatic rings. The van der Waals surface area contributed by atoms with E-state index in [1.807, 2.05) is 0 Å². The molecule has 0 radical (unpaired) electrons. The Morgan fingerprint density at radius 2 is 1.11 bits per heavy atom. The van der Waals surface area contributed by atoms with Gasteiger partial charge in [-0.3, -0.25) is 0 Å². The fourth-order valence-electron chi connectivity index (χ4n) is 5.45. The first-order chi connectivity index (χ1) is 16.6. The third-order valence-corrected chi connectivity index (χ3v) is 10.9. The number of hydrogen-bond donors (Lipinski definition) is 0. The van der Waals surface area contributed by atoms with Gasteiger partial charge in [0.25, 0.3) is 0 Å². The first-order valence-corrected chi connectivity index (χ1v) is 14.6. The molecule has 2 aliphatic rings. The van der Waals surface area contributed by atoms with Crippen molar-refractivity contribution in [1.82, 2.24) is 0 Å². The van der Waals surface area contributed by atoms with Gasteiger partial charge in [-0.15, -0.1) is 0 Å². The van der Waals surface area contributed by atoms with E-state index in [4.69, 9.17) is 4.43 Å². The van der Waals surface area contributed by atoms with Gasteiger partial charge in [0, 0.05) is 18.7 Å². The summed E-state index contributed by atoms with van der Waals surface area (Å²) < 4.78 is 12.8. The number of fused-ring (bicyclic) bond motifs is 1. The molecule has 0 saturated carbocycles. The van der Waals surface area contributed by atoms with Crippen LogP contribution in [-0.2, 0) is 4.43 Å². The van der Waals surface area contributed by atoms with Gasteiger partial charge in [-0.1, -0.05) is 114 Å². The number of nitrogens with zero attached hydrogens (tertiary/aromatic N) is 2. The van der Waals surface area contributed by atoms with Gasteiger partial charge in [0.2, 0.25) is 0 Å². The Morgan fingerprint density at radius 3 is 1.60 bits per heavy atom. The van der Waals surface area contributed by atoms with Gasteiger partial charge >= 0.3 is 8.64 Å². The van der Waals surface area contributed by atoms with Crippen LogP contribution in [0.5, 0.6) is 0 Å². The Labute approximate surface area is 212 Å². The first-order valence-electron chi connectivity index (χ1n) is 12.7. The fourth-order valence-corrected chi connectivity index (χ4v) is 10.7. The highest BCUT2D eigenvalue weighted by molar-refractivity contribution is 6.86. The Bertz CT molecular complexity index is 1160. The van der Waals surface area contributed by atoms with Crippen LogP contribution in [0.25, 0.3) is 5.76 Å². The lowest BCUT2D eigenvalue weighted by Crippen LogP contribution is -2.68. The van der Waals surface area contributed by atoms with Crippen molar-refractivity contribution >= 4 is 25.8 Å². The first kappa shape index (κ1) is 23.7. The summed E-state index contributed by atoms with van der Waals surface area (Å²) in [5.41, 5.74) is 5.51. The summed E-state index contributed by atoms with van der Waals surface area (Å²) in [5, 5.41) is 0. The zero-order valence-corrected chi connectivity index (χ0v) is 23.0. The molecule has 5 rings (SSSR count). The van der Waals surface area contributed by atoms with E-state index in [9.17, 15) is 0 Å². The predicted octanol–water partition coefficient (Wildman–Crippen LogP) is 7.74. The second-order valence-corrected chi connectivity index (χ2v) is 15.6. The Balaban J connectivity index is 1.76. The summed E-state index contributed by atoms with van der Waals surface area (Å²) in [6.45, 7) is 15.9. The minimum atomic E-state index is -2.79. The molecule has 2 aliphatic heterocycles. The summed E-state index contributed by atoms with van der Waals surface area (Å²) in [4.78, 5) is 0. The Morgan fingerprint density at radius 1 is 0.657 bits per heavy atom. The molecule has 3 aromatic carbocycles. The lowest BCUT2D eigenvalue weighted by molar-refractivity contribution is 0.394. The maximum Gasteiger partial charge on any atom is 0.493 e. The van der Waals surface area contributed by atoms with Crippen LogP contribution in [0.2, 0.25) is 0 Å². The molecule has 3 nitrogen and oxygen atoms in total. The van der Waals surface area contributed by atoms with Crippen molar-refractivity contribution in [2.24, 2.45) is 10.8 Å². The van der Waals surface area contributed by atoms with E-state index < -0.39 is 8.64 Å². The average Bonchev–Trinajstić information content (AvgIpc) is 3.32. The number of hydrogen-bond acceptors (Lipinski definition) is 3. The zero-order valence-electron chi connectivity index (χ0n) is 22.0. The van der Waals surface area contributed by atoms with Gasteiger partial charge < -0.3 is 13.6 Å².